The van der Waals surface area contributed by atoms with Crippen molar-refractivity contribution in [1.29, 1.82) is 0 Å². The van der Waals surface area contributed by atoms with Crippen molar-refractivity contribution in [2.45, 2.75) is 12.8 Å². The predicted molar refractivity (Wildman–Crippen MR) is 104 cm³/mol. The van der Waals surface area contributed by atoms with Gasteiger partial charge in [0.25, 0.3) is 0 Å². The maximum atomic E-state index is 13.0. The SMILES string of the molecule is O=C(CCc1ncc(-c2ccc(F)cc2)o1)Nc1nnc(-c2ccccc2)s1. The van der Waals surface area contributed by atoms with Gasteiger partial charge in [-0.3, -0.25) is 4.79 Å². The lowest BCUT2D eigenvalue weighted by Crippen LogP contribution is -2.12. The second-order valence-corrected chi connectivity index (χ2v) is 6.93. The number of amides is 1. The number of anilines is 1. The van der Waals surface area contributed by atoms with E-state index in [-0.39, 0.29) is 18.1 Å². The van der Waals surface area contributed by atoms with Crippen molar-refractivity contribution >= 4 is 22.4 Å². The molecule has 2 aromatic heterocycles. The first-order valence-corrected chi connectivity index (χ1v) is 9.38. The molecule has 0 aliphatic heterocycles. The molecule has 0 aliphatic carbocycles. The summed E-state index contributed by atoms with van der Waals surface area (Å²) in [6, 6.07) is 15.6. The molecule has 0 saturated carbocycles. The van der Waals surface area contributed by atoms with E-state index in [0.717, 1.165) is 16.1 Å². The van der Waals surface area contributed by atoms with E-state index in [9.17, 15) is 9.18 Å². The van der Waals surface area contributed by atoms with Crippen molar-refractivity contribution in [1.82, 2.24) is 15.2 Å². The average molecular weight is 394 g/mol. The zero-order valence-electron chi connectivity index (χ0n) is 14.6. The Morgan fingerprint density at radius 1 is 1.04 bits per heavy atom. The molecule has 140 valence electrons. The number of halogens is 1. The molecule has 0 unspecified atom stereocenters. The third kappa shape index (κ3) is 4.29. The number of oxazole rings is 1. The highest BCUT2D eigenvalue weighted by Crippen LogP contribution is 2.26. The van der Waals surface area contributed by atoms with Crippen LogP contribution in [-0.4, -0.2) is 21.1 Å². The molecule has 8 heteroatoms. The quantitative estimate of drug-likeness (QED) is 0.518. The zero-order valence-corrected chi connectivity index (χ0v) is 15.4. The lowest BCUT2D eigenvalue weighted by atomic mass is 10.2. The van der Waals surface area contributed by atoms with E-state index in [0.29, 0.717) is 23.2 Å². The number of nitrogens with one attached hydrogen (secondary N) is 1. The molecule has 2 heterocycles. The molecule has 0 atom stereocenters. The summed E-state index contributed by atoms with van der Waals surface area (Å²) in [5.74, 6) is 0.466. The molecule has 0 bridgehead atoms. The van der Waals surface area contributed by atoms with Crippen LogP contribution in [0.2, 0.25) is 0 Å². The number of hydrogen-bond donors (Lipinski definition) is 1. The summed E-state index contributed by atoms with van der Waals surface area (Å²) in [5, 5.41) is 12.0. The van der Waals surface area contributed by atoms with Crippen LogP contribution in [0.1, 0.15) is 12.3 Å². The van der Waals surface area contributed by atoms with Crippen molar-refractivity contribution in [2.24, 2.45) is 0 Å². The molecule has 1 N–H and O–H groups in total. The van der Waals surface area contributed by atoms with Gasteiger partial charge in [0.05, 0.1) is 6.20 Å². The topological polar surface area (TPSA) is 80.9 Å². The van der Waals surface area contributed by atoms with Gasteiger partial charge in [0.1, 0.15) is 10.8 Å². The Morgan fingerprint density at radius 2 is 1.82 bits per heavy atom. The highest BCUT2D eigenvalue weighted by Gasteiger charge is 2.12. The molecule has 0 fully saturated rings. The summed E-state index contributed by atoms with van der Waals surface area (Å²) < 4.78 is 18.6. The number of carbonyl (C=O) groups is 1. The van der Waals surface area contributed by atoms with E-state index in [1.54, 1.807) is 18.3 Å². The number of aromatic nitrogens is 3. The maximum absolute atomic E-state index is 13.0. The summed E-state index contributed by atoms with van der Waals surface area (Å²) in [6.45, 7) is 0. The summed E-state index contributed by atoms with van der Waals surface area (Å²) in [7, 11) is 0. The maximum Gasteiger partial charge on any atom is 0.226 e. The zero-order chi connectivity index (χ0) is 19.3. The van der Waals surface area contributed by atoms with E-state index in [1.807, 2.05) is 30.3 Å². The van der Waals surface area contributed by atoms with Gasteiger partial charge in [-0.25, -0.2) is 9.37 Å². The summed E-state index contributed by atoms with van der Waals surface area (Å²) in [6.07, 6.45) is 2.11. The highest BCUT2D eigenvalue weighted by molar-refractivity contribution is 7.18. The van der Waals surface area contributed by atoms with Crippen LogP contribution in [0.25, 0.3) is 21.9 Å². The Bertz CT molecular complexity index is 1080. The molecular weight excluding hydrogens is 379 g/mol. The minimum Gasteiger partial charge on any atom is -0.441 e. The Labute approximate surface area is 164 Å². The summed E-state index contributed by atoms with van der Waals surface area (Å²) in [4.78, 5) is 16.3. The Kier molecular flexibility index (Phi) is 5.20. The van der Waals surface area contributed by atoms with Crippen molar-refractivity contribution in [3.8, 4) is 21.9 Å². The Morgan fingerprint density at radius 3 is 2.61 bits per heavy atom. The summed E-state index contributed by atoms with van der Waals surface area (Å²) in [5.41, 5.74) is 1.68. The van der Waals surface area contributed by atoms with Crippen LogP contribution in [-0.2, 0) is 11.2 Å². The molecule has 28 heavy (non-hydrogen) atoms. The molecule has 6 nitrogen and oxygen atoms in total. The third-order valence-corrected chi connectivity index (χ3v) is 4.83. The van der Waals surface area contributed by atoms with E-state index < -0.39 is 0 Å². The largest absolute Gasteiger partial charge is 0.441 e. The monoisotopic (exact) mass is 394 g/mol. The second-order valence-electron chi connectivity index (χ2n) is 5.95. The molecule has 1 amide bonds. The Hall–Kier alpha value is -3.39. The standard InChI is InChI=1S/C20H15FN4O2S/c21-15-8-6-13(7-9-15)16-12-22-18(27-16)11-10-17(26)23-20-25-24-19(28-20)14-4-2-1-3-5-14/h1-9,12H,10-11H2,(H,23,25,26). The van der Waals surface area contributed by atoms with Crippen LogP contribution < -0.4 is 5.32 Å². The first-order valence-electron chi connectivity index (χ1n) is 8.57. The molecule has 4 rings (SSSR count). The first kappa shape index (κ1) is 18.0. The van der Waals surface area contributed by atoms with E-state index in [4.69, 9.17) is 4.42 Å². The fraction of sp³-hybridized carbons (Fsp3) is 0.100. The number of carbonyl (C=O) groups excluding carboxylic acids is 1. The number of benzene rings is 2. The fourth-order valence-electron chi connectivity index (χ4n) is 2.55. The van der Waals surface area contributed by atoms with Gasteiger partial charge in [-0.1, -0.05) is 41.7 Å². The van der Waals surface area contributed by atoms with Gasteiger partial charge in [0, 0.05) is 24.0 Å². The number of rotatable bonds is 6. The molecule has 2 aromatic carbocycles. The molecule has 0 radical (unpaired) electrons. The van der Waals surface area contributed by atoms with E-state index in [2.05, 4.69) is 20.5 Å². The number of aryl methyl sites for hydroxylation is 1. The van der Waals surface area contributed by atoms with Gasteiger partial charge in [-0.05, 0) is 24.3 Å². The van der Waals surface area contributed by atoms with Gasteiger partial charge in [0.2, 0.25) is 11.0 Å². The molecular formula is C20H15FN4O2S. The predicted octanol–water partition coefficient (Wildman–Crippen LogP) is 4.57. The van der Waals surface area contributed by atoms with Crippen LogP contribution in [0.4, 0.5) is 9.52 Å². The highest BCUT2D eigenvalue weighted by atomic mass is 32.1. The average Bonchev–Trinajstić information content (AvgIpc) is 3.37. The van der Waals surface area contributed by atoms with E-state index in [1.165, 1.54) is 23.5 Å². The lowest BCUT2D eigenvalue weighted by molar-refractivity contribution is -0.116. The van der Waals surface area contributed by atoms with E-state index >= 15 is 0 Å². The second kappa shape index (κ2) is 8.10. The minimum absolute atomic E-state index is 0.197. The molecule has 0 saturated heterocycles. The molecule has 4 aromatic rings. The number of nitrogens with zero attached hydrogens (tertiary/aromatic N) is 3. The van der Waals surface area contributed by atoms with Crippen molar-refractivity contribution in [3.05, 3.63) is 72.5 Å². The minimum atomic E-state index is -0.313. The fourth-order valence-corrected chi connectivity index (χ4v) is 3.31. The van der Waals surface area contributed by atoms with Crippen molar-refractivity contribution in [3.63, 3.8) is 0 Å². The van der Waals surface area contributed by atoms with Crippen molar-refractivity contribution < 1.29 is 13.6 Å². The van der Waals surface area contributed by atoms with Gasteiger partial charge in [-0.2, -0.15) is 0 Å². The smallest absolute Gasteiger partial charge is 0.226 e. The van der Waals surface area contributed by atoms with Gasteiger partial charge < -0.3 is 9.73 Å². The van der Waals surface area contributed by atoms with Gasteiger partial charge in [-0.15, -0.1) is 10.2 Å². The third-order valence-electron chi connectivity index (χ3n) is 3.94. The van der Waals surface area contributed by atoms with Gasteiger partial charge >= 0.3 is 0 Å². The molecule has 0 aliphatic rings. The Balaban J connectivity index is 1.33. The van der Waals surface area contributed by atoms with Crippen LogP contribution in [0.3, 0.4) is 0 Å². The number of hydrogen-bond acceptors (Lipinski definition) is 6. The van der Waals surface area contributed by atoms with Crippen LogP contribution in [0, 0.1) is 5.82 Å². The van der Waals surface area contributed by atoms with Crippen LogP contribution in [0.5, 0.6) is 0 Å². The summed E-state index contributed by atoms with van der Waals surface area (Å²) >= 11 is 1.31. The van der Waals surface area contributed by atoms with Gasteiger partial charge in [0.15, 0.2) is 11.7 Å². The molecule has 0 spiro atoms. The normalized spacial score (nSPS) is 10.8. The van der Waals surface area contributed by atoms with Crippen LogP contribution >= 0.6 is 11.3 Å². The van der Waals surface area contributed by atoms with Crippen molar-refractivity contribution in [2.75, 3.05) is 5.32 Å². The van der Waals surface area contributed by atoms with Crippen LogP contribution in [0.15, 0.2) is 65.2 Å². The lowest BCUT2D eigenvalue weighted by Gasteiger charge is -1.99. The first-order chi connectivity index (χ1) is 13.7.